The highest BCUT2D eigenvalue weighted by Crippen LogP contribution is 2.22. The summed E-state index contributed by atoms with van der Waals surface area (Å²) in [4.78, 5) is 24.4. The molecule has 0 saturated heterocycles. The Bertz CT molecular complexity index is 749. The number of benzene rings is 1. The number of anilines is 1. The smallest absolute Gasteiger partial charge is 0.307 e. The number of nitrogens with zero attached hydrogens (tertiary/aromatic N) is 4. The molecule has 0 amide bonds. The maximum absolute atomic E-state index is 11.5. The van der Waals surface area contributed by atoms with Crippen LogP contribution in [0.5, 0.6) is 5.75 Å². The second-order valence-electron chi connectivity index (χ2n) is 6.51. The van der Waals surface area contributed by atoms with Crippen molar-refractivity contribution in [3.8, 4) is 5.75 Å². The summed E-state index contributed by atoms with van der Waals surface area (Å²) in [6, 6.07) is 6.25. The van der Waals surface area contributed by atoms with Gasteiger partial charge in [-0.3, -0.25) is 10.1 Å². The van der Waals surface area contributed by atoms with Gasteiger partial charge in [-0.15, -0.1) is 0 Å². The minimum atomic E-state index is -1.09. The summed E-state index contributed by atoms with van der Waals surface area (Å²) in [5.74, 6) is 1.27. The van der Waals surface area contributed by atoms with Gasteiger partial charge in [0, 0.05) is 10.6 Å². The second-order valence-corrected chi connectivity index (χ2v) is 6.51. The van der Waals surface area contributed by atoms with Crippen molar-refractivity contribution in [3.63, 3.8) is 0 Å². The lowest BCUT2D eigenvalue weighted by Gasteiger charge is -2.20. The highest BCUT2D eigenvalue weighted by atomic mass is 16.6. The Labute approximate surface area is 152 Å². The standard InChI is InChI=1S/C18H23N5O3/c1-12-16(23(24)25)17(20-14-8-10-15(26-2)11-9-14)22-18(19-12)21-13-6-4-3-5-7-13/h8-11,13,16H,3-7H2,1-2H3,(H,20,21,22)/t16-/m0/s1. The van der Waals surface area contributed by atoms with Crippen molar-refractivity contribution in [3.05, 3.63) is 34.4 Å². The van der Waals surface area contributed by atoms with Crippen LogP contribution in [-0.2, 0) is 0 Å². The van der Waals surface area contributed by atoms with Crippen molar-refractivity contribution in [1.82, 2.24) is 0 Å². The largest absolute Gasteiger partial charge is 0.497 e. The van der Waals surface area contributed by atoms with E-state index >= 15 is 0 Å². The molecule has 1 heterocycles. The van der Waals surface area contributed by atoms with Crippen molar-refractivity contribution in [2.75, 3.05) is 12.4 Å². The number of methoxy groups -OCH3 is 1. The topological polar surface area (TPSA) is 101 Å². The number of ether oxygens (including phenoxy) is 1. The van der Waals surface area contributed by atoms with E-state index in [1.165, 1.54) is 6.42 Å². The van der Waals surface area contributed by atoms with Crippen LogP contribution in [-0.4, -0.2) is 41.6 Å². The van der Waals surface area contributed by atoms with E-state index in [-0.39, 0.29) is 16.8 Å². The van der Waals surface area contributed by atoms with Crippen LogP contribution >= 0.6 is 0 Å². The molecule has 1 fully saturated rings. The van der Waals surface area contributed by atoms with Gasteiger partial charge in [-0.25, -0.2) is 9.98 Å². The van der Waals surface area contributed by atoms with E-state index in [1.54, 1.807) is 38.3 Å². The molecule has 0 spiro atoms. The first-order valence-electron chi connectivity index (χ1n) is 8.83. The number of nitro groups is 1. The van der Waals surface area contributed by atoms with Gasteiger partial charge in [-0.05, 0) is 44.0 Å². The predicted octanol–water partition coefficient (Wildman–Crippen LogP) is 3.31. The summed E-state index contributed by atoms with van der Waals surface area (Å²) in [5, 5.41) is 14.6. The summed E-state index contributed by atoms with van der Waals surface area (Å²) in [5.41, 5.74) is 1.08. The molecule has 3 rings (SSSR count). The molecule has 8 nitrogen and oxygen atoms in total. The van der Waals surface area contributed by atoms with Crippen LogP contribution in [0.1, 0.15) is 39.0 Å². The molecule has 0 bridgehead atoms. The van der Waals surface area contributed by atoms with Crippen LogP contribution in [0.2, 0.25) is 0 Å². The minimum Gasteiger partial charge on any atom is -0.497 e. The van der Waals surface area contributed by atoms with Gasteiger partial charge >= 0.3 is 6.04 Å². The van der Waals surface area contributed by atoms with Crippen LogP contribution < -0.4 is 10.1 Å². The van der Waals surface area contributed by atoms with Crippen LogP contribution in [0.4, 0.5) is 5.69 Å². The Kier molecular flexibility index (Phi) is 5.60. The first-order chi connectivity index (χ1) is 12.6. The van der Waals surface area contributed by atoms with E-state index in [9.17, 15) is 10.1 Å². The van der Waals surface area contributed by atoms with Crippen LogP contribution in [0.15, 0.2) is 39.2 Å². The molecule has 138 valence electrons. The zero-order valence-corrected chi connectivity index (χ0v) is 15.0. The molecule has 0 radical (unpaired) electrons. The van der Waals surface area contributed by atoms with E-state index in [1.807, 2.05) is 0 Å². The van der Waals surface area contributed by atoms with Crippen molar-refractivity contribution >= 4 is 23.2 Å². The number of nitrogens with one attached hydrogen (secondary N) is 1. The Morgan fingerprint density at radius 2 is 1.88 bits per heavy atom. The molecule has 26 heavy (non-hydrogen) atoms. The second kappa shape index (κ2) is 8.07. The highest BCUT2D eigenvalue weighted by molar-refractivity contribution is 6.22. The third kappa shape index (κ3) is 4.25. The zero-order chi connectivity index (χ0) is 18.5. The van der Waals surface area contributed by atoms with Crippen molar-refractivity contribution < 1.29 is 9.66 Å². The molecule has 1 aliphatic carbocycles. The third-order valence-electron chi connectivity index (χ3n) is 4.60. The van der Waals surface area contributed by atoms with Gasteiger partial charge in [-0.1, -0.05) is 19.3 Å². The molecular formula is C18H23N5O3. The summed E-state index contributed by atoms with van der Waals surface area (Å²) in [7, 11) is 1.59. The number of aliphatic imine (C=N–C) groups is 3. The van der Waals surface area contributed by atoms with Crippen molar-refractivity contribution in [1.29, 1.82) is 0 Å². The molecule has 8 heteroatoms. The van der Waals surface area contributed by atoms with Gasteiger partial charge < -0.3 is 10.1 Å². The van der Waals surface area contributed by atoms with Gasteiger partial charge in [-0.2, -0.15) is 4.99 Å². The summed E-state index contributed by atoms with van der Waals surface area (Å²) in [6.07, 6.45) is 5.59. The lowest BCUT2D eigenvalue weighted by atomic mass is 9.96. The van der Waals surface area contributed by atoms with E-state index in [0.717, 1.165) is 25.7 Å². The fraction of sp³-hybridized carbons (Fsp3) is 0.500. The monoisotopic (exact) mass is 357 g/mol. The highest BCUT2D eigenvalue weighted by Gasteiger charge is 2.35. The van der Waals surface area contributed by atoms with Crippen LogP contribution in [0.3, 0.4) is 0 Å². The number of hydrogen-bond donors (Lipinski definition) is 1. The Morgan fingerprint density at radius 3 is 2.50 bits per heavy atom. The molecule has 0 unspecified atom stereocenters. The Balaban J connectivity index is 1.86. The van der Waals surface area contributed by atoms with Crippen LogP contribution in [0, 0.1) is 10.1 Å². The van der Waals surface area contributed by atoms with E-state index < -0.39 is 6.04 Å². The number of hydrogen-bond acceptors (Lipinski definition) is 5. The maximum atomic E-state index is 11.5. The fourth-order valence-corrected chi connectivity index (χ4v) is 3.21. The van der Waals surface area contributed by atoms with Gasteiger partial charge in [0.15, 0.2) is 5.84 Å². The molecular weight excluding hydrogens is 334 g/mol. The summed E-state index contributed by atoms with van der Waals surface area (Å²) in [6.45, 7) is 1.65. The van der Waals surface area contributed by atoms with E-state index in [4.69, 9.17) is 4.74 Å². The van der Waals surface area contributed by atoms with E-state index in [0.29, 0.717) is 23.1 Å². The summed E-state index contributed by atoms with van der Waals surface area (Å²) >= 11 is 0. The molecule has 1 aromatic carbocycles. The fourth-order valence-electron chi connectivity index (χ4n) is 3.21. The van der Waals surface area contributed by atoms with Crippen molar-refractivity contribution in [2.24, 2.45) is 15.0 Å². The molecule has 0 aromatic heterocycles. The van der Waals surface area contributed by atoms with Crippen LogP contribution in [0.25, 0.3) is 0 Å². The van der Waals surface area contributed by atoms with Gasteiger partial charge in [0.1, 0.15) is 11.5 Å². The molecule has 1 atom stereocenters. The molecule has 1 N–H and O–H groups in total. The molecule has 2 aliphatic rings. The van der Waals surface area contributed by atoms with Gasteiger partial charge in [0.25, 0.3) is 0 Å². The SMILES string of the molecule is COc1ccc(NC2=NC(=NC3CCCCC3)N=C(C)[C@@H]2[N+](=O)[O-])cc1. The average Bonchev–Trinajstić information content (AvgIpc) is 2.62. The first-order valence-corrected chi connectivity index (χ1v) is 8.83. The molecule has 1 saturated carbocycles. The summed E-state index contributed by atoms with van der Waals surface area (Å²) < 4.78 is 5.13. The number of amidine groups is 1. The maximum Gasteiger partial charge on any atom is 0.307 e. The zero-order valence-electron chi connectivity index (χ0n) is 15.0. The van der Waals surface area contributed by atoms with Gasteiger partial charge in [0.2, 0.25) is 5.96 Å². The van der Waals surface area contributed by atoms with E-state index in [2.05, 4.69) is 20.3 Å². The third-order valence-corrected chi connectivity index (χ3v) is 4.60. The number of rotatable bonds is 4. The lowest BCUT2D eigenvalue weighted by Crippen LogP contribution is -2.43. The predicted molar refractivity (Wildman–Crippen MR) is 102 cm³/mol. The number of guanidine groups is 1. The van der Waals surface area contributed by atoms with Crippen molar-refractivity contribution in [2.45, 2.75) is 51.1 Å². The minimum absolute atomic E-state index is 0.202. The molecule has 1 aliphatic heterocycles. The quantitative estimate of drug-likeness (QED) is 0.659. The lowest BCUT2D eigenvalue weighted by molar-refractivity contribution is -0.484. The van der Waals surface area contributed by atoms with Gasteiger partial charge in [0.05, 0.1) is 13.2 Å². The average molecular weight is 357 g/mol. The molecule has 1 aromatic rings. The Hall–Kier alpha value is -2.77. The normalized spacial score (nSPS) is 22.5. The Morgan fingerprint density at radius 1 is 1.19 bits per heavy atom. The first kappa shape index (κ1) is 18.0.